The maximum atomic E-state index is 11.2. The van der Waals surface area contributed by atoms with Crippen LogP contribution >= 0.6 is 0 Å². The quantitative estimate of drug-likeness (QED) is 0.513. The van der Waals surface area contributed by atoms with Crippen LogP contribution in [0, 0.1) is 0 Å². The summed E-state index contributed by atoms with van der Waals surface area (Å²) in [5, 5.41) is 9.17. The SMILES string of the molecule is O=C([O-])C(F)C(F)F.[Cs+]. The Morgan fingerprint density at radius 2 is 1.67 bits per heavy atom. The van der Waals surface area contributed by atoms with Gasteiger partial charge in [0, 0.05) is 0 Å². The molecule has 0 heterocycles. The smallest absolute Gasteiger partial charge is 0.547 e. The van der Waals surface area contributed by atoms with Crippen molar-refractivity contribution in [3.8, 4) is 0 Å². The second kappa shape index (κ2) is 6.05. The van der Waals surface area contributed by atoms with Crippen LogP contribution in [-0.2, 0) is 4.79 Å². The fraction of sp³-hybridized carbons (Fsp3) is 0.667. The Labute approximate surface area is 108 Å². The zero-order valence-corrected chi connectivity index (χ0v) is 10.9. The van der Waals surface area contributed by atoms with Crippen LogP contribution in [0.5, 0.6) is 0 Å². The van der Waals surface area contributed by atoms with Crippen LogP contribution < -0.4 is 74.0 Å². The number of carbonyl (C=O) groups excluding carboxylic acids is 1. The molecule has 0 fully saturated rings. The number of carboxylic acid groups (broad SMARTS) is 1. The van der Waals surface area contributed by atoms with Gasteiger partial charge < -0.3 is 9.90 Å². The van der Waals surface area contributed by atoms with Gasteiger partial charge in [-0.1, -0.05) is 0 Å². The van der Waals surface area contributed by atoms with Gasteiger partial charge in [0.2, 0.25) is 0 Å². The summed E-state index contributed by atoms with van der Waals surface area (Å²) in [6.07, 6.45) is -6.64. The number of aliphatic carboxylic acids is 1. The van der Waals surface area contributed by atoms with Gasteiger partial charge in [0.1, 0.15) is 0 Å². The number of alkyl halides is 3. The van der Waals surface area contributed by atoms with Crippen molar-refractivity contribution >= 4 is 5.97 Å². The van der Waals surface area contributed by atoms with E-state index in [2.05, 4.69) is 0 Å². The number of hydrogen-bond donors (Lipinski definition) is 0. The van der Waals surface area contributed by atoms with E-state index in [1.807, 2.05) is 0 Å². The predicted octanol–water partition coefficient (Wildman–Crippen LogP) is -3.66. The van der Waals surface area contributed by atoms with Crippen molar-refractivity contribution < 1.29 is 92.0 Å². The van der Waals surface area contributed by atoms with Crippen molar-refractivity contribution in [2.75, 3.05) is 0 Å². The molecule has 9 heavy (non-hydrogen) atoms. The summed E-state index contributed by atoms with van der Waals surface area (Å²) in [7, 11) is 0. The molecular weight excluding hydrogens is 258 g/mol. The third-order valence-electron chi connectivity index (χ3n) is 0.446. The normalized spacial score (nSPS) is 12.4. The van der Waals surface area contributed by atoms with Crippen LogP contribution in [0.25, 0.3) is 0 Å². The number of carbonyl (C=O) groups is 1. The number of rotatable bonds is 2. The first kappa shape index (κ1) is 12.9. The van der Waals surface area contributed by atoms with Crippen molar-refractivity contribution in [3.05, 3.63) is 0 Å². The molecule has 1 atom stereocenters. The molecule has 0 N–H and O–H groups in total. The second-order valence-corrected chi connectivity index (χ2v) is 1.06. The van der Waals surface area contributed by atoms with E-state index in [4.69, 9.17) is 0 Å². The molecule has 0 rings (SSSR count). The van der Waals surface area contributed by atoms with E-state index in [1.54, 1.807) is 0 Å². The van der Waals surface area contributed by atoms with Crippen LogP contribution in [0.4, 0.5) is 13.2 Å². The summed E-state index contributed by atoms with van der Waals surface area (Å²) in [6, 6.07) is 0. The van der Waals surface area contributed by atoms with Gasteiger partial charge in [-0.2, -0.15) is 0 Å². The topological polar surface area (TPSA) is 40.1 Å². The molecule has 6 heteroatoms. The van der Waals surface area contributed by atoms with E-state index >= 15 is 0 Å². The van der Waals surface area contributed by atoms with Crippen molar-refractivity contribution in [2.24, 2.45) is 0 Å². The van der Waals surface area contributed by atoms with Gasteiger partial charge in [0.05, 0.1) is 5.97 Å². The Balaban J connectivity index is 0. The van der Waals surface area contributed by atoms with Gasteiger partial charge in [-0.25, -0.2) is 13.2 Å². The van der Waals surface area contributed by atoms with Crippen LogP contribution in [0.3, 0.4) is 0 Å². The van der Waals surface area contributed by atoms with E-state index in [1.165, 1.54) is 0 Å². The summed E-state index contributed by atoms with van der Waals surface area (Å²) >= 11 is 0. The first-order chi connectivity index (χ1) is 3.55. The molecule has 1 unspecified atom stereocenters. The first-order valence-electron chi connectivity index (χ1n) is 1.68. The maximum Gasteiger partial charge on any atom is 1.00 e. The molecule has 0 aliphatic heterocycles. The Morgan fingerprint density at radius 1 is 1.33 bits per heavy atom. The molecule has 0 spiro atoms. The summed E-state index contributed by atoms with van der Waals surface area (Å²) in [6.45, 7) is 0. The fourth-order valence-electron chi connectivity index (χ4n) is 0.103. The third-order valence-corrected chi connectivity index (χ3v) is 0.446. The van der Waals surface area contributed by atoms with Gasteiger partial charge in [-0.15, -0.1) is 0 Å². The summed E-state index contributed by atoms with van der Waals surface area (Å²) < 4.78 is 33.0. The summed E-state index contributed by atoms with van der Waals surface area (Å²) in [4.78, 5) is 9.17. The molecule has 0 saturated heterocycles. The Hall–Kier alpha value is 1.31. The molecular formula is C3H2CsF3O2. The van der Waals surface area contributed by atoms with Crippen LogP contribution in [-0.4, -0.2) is 18.6 Å². The van der Waals surface area contributed by atoms with Gasteiger partial charge in [0.25, 0.3) is 6.43 Å². The molecule has 0 aromatic carbocycles. The molecule has 0 bridgehead atoms. The zero-order chi connectivity index (χ0) is 6.73. The zero-order valence-electron chi connectivity index (χ0n) is 4.61. The molecule has 0 saturated carbocycles. The van der Waals surface area contributed by atoms with Crippen molar-refractivity contribution in [3.63, 3.8) is 0 Å². The van der Waals surface area contributed by atoms with Gasteiger partial charge >= 0.3 is 68.9 Å². The van der Waals surface area contributed by atoms with Gasteiger partial charge in [-0.05, 0) is 0 Å². The molecule has 0 aliphatic rings. The van der Waals surface area contributed by atoms with Gasteiger partial charge in [-0.3, -0.25) is 0 Å². The van der Waals surface area contributed by atoms with Crippen LogP contribution in [0.1, 0.15) is 0 Å². The minimum Gasteiger partial charge on any atom is -0.547 e. The Morgan fingerprint density at radius 3 is 1.67 bits per heavy atom. The minimum atomic E-state index is -3.49. The van der Waals surface area contributed by atoms with E-state index in [9.17, 15) is 23.1 Å². The van der Waals surface area contributed by atoms with Crippen molar-refractivity contribution in [1.29, 1.82) is 0 Å². The number of hydrogen-bond acceptors (Lipinski definition) is 2. The molecule has 2 nitrogen and oxygen atoms in total. The average molecular weight is 260 g/mol. The number of halogens is 3. The summed E-state index contributed by atoms with van der Waals surface area (Å²) in [5.74, 6) is -2.37. The molecule has 0 aliphatic carbocycles. The van der Waals surface area contributed by atoms with Crippen LogP contribution in [0.15, 0.2) is 0 Å². The minimum absolute atomic E-state index is 0. The Bertz CT molecular complexity index is 97.1. The van der Waals surface area contributed by atoms with E-state index < -0.39 is 18.6 Å². The average Bonchev–Trinajstić information content (AvgIpc) is 1.64. The van der Waals surface area contributed by atoms with Crippen molar-refractivity contribution in [1.82, 2.24) is 0 Å². The molecule has 0 aromatic rings. The van der Waals surface area contributed by atoms with Gasteiger partial charge in [0.15, 0.2) is 6.17 Å². The monoisotopic (exact) mass is 260 g/mol. The molecule has 0 radical (unpaired) electrons. The number of carboxylic acids is 1. The standard InChI is InChI=1S/C3H3F3O2.Cs/c4-1(2(5)6)3(7)8;/h1-2H,(H,7,8);/q;+1/p-1. The summed E-state index contributed by atoms with van der Waals surface area (Å²) in [5.41, 5.74) is 0. The predicted molar refractivity (Wildman–Crippen MR) is 15.9 cm³/mol. The van der Waals surface area contributed by atoms with Crippen molar-refractivity contribution in [2.45, 2.75) is 12.6 Å². The van der Waals surface area contributed by atoms with E-state index in [-0.39, 0.29) is 68.9 Å². The molecule has 48 valence electrons. The van der Waals surface area contributed by atoms with Crippen LogP contribution in [0.2, 0.25) is 0 Å². The molecule has 0 amide bonds. The van der Waals surface area contributed by atoms with E-state index in [0.29, 0.717) is 0 Å². The molecule has 0 aromatic heterocycles. The largest absolute Gasteiger partial charge is 1.00 e. The maximum absolute atomic E-state index is 11.2. The fourth-order valence-corrected chi connectivity index (χ4v) is 0.103. The first-order valence-corrected chi connectivity index (χ1v) is 1.68. The third kappa shape index (κ3) is 5.74. The second-order valence-electron chi connectivity index (χ2n) is 1.06. The Kier molecular flexibility index (Phi) is 8.70. The van der Waals surface area contributed by atoms with E-state index in [0.717, 1.165) is 0 Å².